The lowest BCUT2D eigenvalue weighted by atomic mass is 10.1. The first kappa shape index (κ1) is 13.3. The van der Waals surface area contributed by atoms with Crippen molar-refractivity contribution in [2.24, 2.45) is 5.73 Å². The summed E-state index contributed by atoms with van der Waals surface area (Å²) in [5.74, 6) is 0. The van der Waals surface area contributed by atoms with Gasteiger partial charge in [0, 0.05) is 36.6 Å². The molecule has 3 heterocycles. The van der Waals surface area contributed by atoms with Gasteiger partial charge in [-0.2, -0.15) is 0 Å². The van der Waals surface area contributed by atoms with Crippen molar-refractivity contribution in [3.05, 3.63) is 10.6 Å². The third-order valence-corrected chi connectivity index (χ3v) is 5.89. The second-order valence-electron chi connectivity index (χ2n) is 5.71. The normalized spacial score (nSPS) is 27.8. The van der Waals surface area contributed by atoms with Crippen LogP contribution in [0, 0.1) is 0 Å². The summed E-state index contributed by atoms with van der Waals surface area (Å²) in [5, 5.41) is 1.19. The van der Waals surface area contributed by atoms with E-state index in [1.807, 2.05) is 0 Å². The molecule has 2 unspecified atom stereocenters. The molecule has 5 heteroatoms. The van der Waals surface area contributed by atoms with Crippen molar-refractivity contribution in [3.8, 4) is 0 Å². The highest BCUT2D eigenvalue weighted by Gasteiger charge is 2.35. The summed E-state index contributed by atoms with van der Waals surface area (Å²) in [7, 11) is 2.29. The van der Waals surface area contributed by atoms with E-state index < -0.39 is 0 Å². The SMILES string of the molecule is CCc1nc(N2CCC3CCC(C2)N3C)sc1CN. The van der Waals surface area contributed by atoms with E-state index in [4.69, 9.17) is 10.7 Å². The molecule has 4 nitrogen and oxygen atoms in total. The number of rotatable bonds is 3. The van der Waals surface area contributed by atoms with Crippen LogP contribution >= 0.6 is 11.3 Å². The van der Waals surface area contributed by atoms with Crippen molar-refractivity contribution >= 4 is 16.5 Å². The summed E-state index contributed by atoms with van der Waals surface area (Å²) >= 11 is 1.80. The standard InChI is InChI=1S/C14H24N4S/c1-3-12-13(8-15)19-14(16-12)18-7-6-10-4-5-11(9-18)17(10)2/h10-11H,3-9,15H2,1-2H3. The van der Waals surface area contributed by atoms with Gasteiger partial charge in [-0.15, -0.1) is 11.3 Å². The first-order valence-electron chi connectivity index (χ1n) is 7.38. The van der Waals surface area contributed by atoms with Gasteiger partial charge in [-0.05, 0) is 32.7 Å². The molecule has 2 aliphatic rings. The summed E-state index contributed by atoms with van der Waals surface area (Å²) in [5.41, 5.74) is 7.03. The van der Waals surface area contributed by atoms with Crippen LogP contribution < -0.4 is 10.6 Å². The molecule has 2 bridgehead atoms. The van der Waals surface area contributed by atoms with E-state index >= 15 is 0 Å². The zero-order valence-electron chi connectivity index (χ0n) is 11.9. The highest BCUT2D eigenvalue weighted by molar-refractivity contribution is 7.15. The van der Waals surface area contributed by atoms with Crippen molar-refractivity contribution in [2.45, 2.75) is 51.2 Å². The minimum absolute atomic E-state index is 0.626. The molecule has 106 valence electrons. The first-order valence-corrected chi connectivity index (χ1v) is 8.20. The fourth-order valence-electron chi connectivity index (χ4n) is 3.42. The zero-order valence-corrected chi connectivity index (χ0v) is 12.7. The largest absolute Gasteiger partial charge is 0.346 e. The Bertz CT molecular complexity index is 423. The van der Waals surface area contributed by atoms with Crippen LogP contribution in [0.15, 0.2) is 0 Å². The van der Waals surface area contributed by atoms with E-state index in [-0.39, 0.29) is 0 Å². The Labute approximate surface area is 119 Å². The third-order valence-electron chi connectivity index (χ3n) is 4.71. The molecule has 1 aromatic heterocycles. The van der Waals surface area contributed by atoms with Gasteiger partial charge in [0.25, 0.3) is 0 Å². The van der Waals surface area contributed by atoms with Gasteiger partial charge >= 0.3 is 0 Å². The topological polar surface area (TPSA) is 45.4 Å². The Kier molecular flexibility index (Phi) is 3.78. The van der Waals surface area contributed by atoms with Crippen molar-refractivity contribution < 1.29 is 0 Å². The molecule has 2 fully saturated rings. The number of nitrogens with two attached hydrogens (primary N) is 1. The third kappa shape index (κ3) is 2.39. The number of likely N-dealkylation sites (N-methyl/N-ethyl adjacent to an activating group) is 1. The van der Waals surface area contributed by atoms with Crippen LogP contribution in [-0.4, -0.2) is 42.1 Å². The molecule has 2 N–H and O–H groups in total. The Balaban J connectivity index is 1.80. The molecule has 0 spiro atoms. The quantitative estimate of drug-likeness (QED) is 0.917. The number of hydrogen-bond donors (Lipinski definition) is 1. The van der Waals surface area contributed by atoms with E-state index in [2.05, 4.69) is 23.8 Å². The lowest BCUT2D eigenvalue weighted by Crippen LogP contribution is -2.36. The van der Waals surface area contributed by atoms with E-state index in [0.29, 0.717) is 12.6 Å². The second-order valence-corrected chi connectivity index (χ2v) is 6.77. The molecule has 2 aliphatic heterocycles. The highest BCUT2D eigenvalue weighted by Crippen LogP contribution is 2.33. The lowest BCUT2D eigenvalue weighted by Gasteiger charge is -2.25. The second kappa shape index (κ2) is 5.38. The van der Waals surface area contributed by atoms with E-state index in [0.717, 1.165) is 25.6 Å². The van der Waals surface area contributed by atoms with E-state index in [1.165, 1.54) is 35.0 Å². The molecule has 2 saturated heterocycles. The van der Waals surface area contributed by atoms with Gasteiger partial charge < -0.3 is 10.6 Å². The highest BCUT2D eigenvalue weighted by atomic mass is 32.1. The molecule has 0 amide bonds. The van der Waals surface area contributed by atoms with Crippen LogP contribution in [0.1, 0.15) is 36.8 Å². The Morgan fingerprint density at radius 2 is 2.11 bits per heavy atom. The van der Waals surface area contributed by atoms with Crippen LogP contribution in [0.5, 0.6) is 0 Å². The monoisotopic (exact) mass is 280 g/mol. The van der Waals surface area contributed by atoms with Gasteiger partial charge in [-0.3, -0.25) is 4.90 Å². The average molecular weight is 280 g/mol. The first-order chi connectivity index (χ1) is 9.22. The smallest absolute Gasteiger partial charge is 0.185 e. The predicted octanol–water partition coefficient (Wildman–Crippen LogP) is 1.84. The molecular weight excluding hydrogens is 256 g/mol. The number of nitrogens with zero attached hydrogens (tertiary/aromatic N) is 3. The Morgan fingerprint density at radius 3 is 2.79 bits per heavy atom. The van der Waals surface area contributed by atoms with Gasteiger partial charge in [0.05, 0.1) is 5.69 Å². The van der Waals surface area contributed by atoms with Crippen LogP contribution in [0.25, 0.3) is 0 Å². The van der Waals surface area contributed by atoms with Gasteiger partial charge in [-0.25, -0.2) is 4.98 Å². The summed E-state index contributed by atoms with van der Waals surface area (Å²) in [4.78, 5) is 11.2. The maximum Gasteiger partial charge on any atom is 0.185 e. The molecule has 0 saturated carbocycles. The molecular formula is C14H24N4S. The maximum absolute atomic E-state index is 5.83. The maximum atomic E-state index is 5.83. The fourth-order valence-corrected chi connectivity index (χ4v) is 4.49. The summed E-state index contributed by atoms with van der Waals surface area (Å²) < 4.78 is 0. The summed E-state index contributed by atoms with van der Waals surface area (Å²) in [6, 6.07) is 1.50. The number of thiazole rings is 1. The number of hydrogen-bond acceptors (Lipinski definition) is 5. The van der Waals surface area contributed by atoms with Crippen LogP contribution in [-0.2, 0) is 13.0 Å². The minimum Gasteiger partial charge on any atom is -0.346 e. The number of aromatic nitrogens is 1. The Morgan fingerprint density at radius 1 is 1.32 bits per heavy atom. The van der Waals surface area contributed by atoms with Crippen molar-refractivity contribution in [3.63, 3.8) is 0 Å². The van der Waals surface area contributed by atoms with Gasteiger partial charge in [0.1, 0.15) is 0 Å². The molecule has 0 aliphatic carbocycles. The predicted molar refractivity (Wildman–Crippen MR) is 80.8 cm³/mol. The van der Waals surface area contributed by atoms with Crippen molar-refractivity contribution in [2.75, 3.05) is 25.0 Å². The number of fused-ring (bicyclic) bond motifs is 2. The van der Waals surface area contributed by atoms with Crippen LogP contribution in [0.2, 0.25) is 0 Å². The molecule has 0 radical (unpaired) electrons. The average Bonchev–Trinajstić information content (AvgIpc) is 2.91. The van der Waals surface area contributed by atoms with Gasteiger partial charge in [-0.1, -0.05) is 6.92 Å². The van der Waals surface area contributed by atoms with Crippen molar-refractivity contribution in [1.82, 2.24) is 9.88 Å². The number of aryl methyl sites for hydroxylation is 1. The van der Waals surface area contributed by atoms with Crippen LogP contribution in [0.3, 0.4) is 0 Å². The number of anilines is 1. The van der Waals surface area contributed by atoms with Crippen LogP contribution in [0.4, 0.5) is 5.13 Å². The molecule has 1 aromatic rings. The lowest BCUT2D eigenvalue weighted by molar-refractivity contribution is 0.254. The van der Waals surface area contributed by atoms with Gasteiger partial charge in [0.2, 0.25) is 0 Å². The van der Waals surface area contributed by atoms with Crippen molar-refractivity contribution in [1.29, 1.82) is 0 Å². The summed E-state index contributed by atoms with van der Waals surface area (Å²) in [6.45, 7) is 5.07. The molecule has 2 atom stereocenters. The molecule has 0 aromatic carbocycles. The Hall–Kier alpha value is -0.650. The molecule has 3 rings (SSSR count). The fraction of sp³-hybridized carbons (Fsp3) is 0.786. The van der Waals surface area contributed by atoms with E-state index in [1.54, 1.807) is 11.3 Å². The molecule has 19 heavy (non-hydrogen) atoms. The minimum atomic E-state index is 0.626. The van der Waals surface area contributed by atoms with Gasteiger partial charge in [0.15, 0.2) is 5.13 Å². The van der Waals surface area contributed by atoms with E-state index in [9.17, 15) is 0 Å². The zero-order chi connectivity index (χ0) is 13.4. The summed E-state index contributed by atoms with van der Waals surface area (Å²) in [6.07, 6.45) is 4.98.